The normalized spacial score (nSPS) is 21.0. The second kappa shape index (κ2) is 5.24. The summed E-state index contributed by atoms with van der Waals surface area (Å²) in [4.78, 5) is 3.97. The van der Waals surface area contributed by atoms with Crippen molar-refractivity contribution in [3.8, 4) is 11.5 Å². The lowest BCUT2D eigenvalue weighted by atomic mass is 9.98. The Balaban J connectivity index is 1.55. The number of sulfonamides is 1. The SMILES string of the molecule is Cn1cnc(S(=O)(=O)N2CC[C@H](c3ccc4c(c3)OCO4)C2)c1. The third kappa shape index (κ3) is 2.47. The molecular formula is C15H17N3O4S. The van der Waals surface area contributed by atoms with E-state index in [0.717, 1.165) is 23.5 Å². The zero-order valence-corrected chi connectivity index (χ0v) is 13.5. The fourth-order valence-electron chi connectivity index (χ4n) is 3.04. The molecule has 0 radical (unpaired) electrons. The Bertz CT molecular complexity index is 846. The molecule has 1 aromatic carbocycles. The van der Waals surface area contributed by atoms with E-state index in [2.05, 4.69) is 4.98 Å². The Morgan fingerprint density at radius 2 is 2.09 bits per heavy atom. The second-order valence-electron chi connectivity index (χ2n) is 5.84. The van der Waals surface area contributed by atoms with E-state index < -0.39 is 10.0 Å². The minimum atomic E-state index is -3.52. The minimum absolute atomic E-state index is 0.103. The quantitative estimate of drug-likeness (QED) is 0.846. The van der Waals surface area contributed by atoms with E-state index in [1.54, 1.807) is 11.6 Å². The smallest absolute Gasteiger partial charge is 0.262 e. The van der Waals surface area contributed by atoms with Gasteiger partial charge in [-0.25, -0.2) is 13.4 Å². The molecule has 1 fully saturated rings. The van der Waals surface area contributed by atoms with Gasteiger partial charge in [-0.3, -0.25) is 0 Å². The number of aryl methyl sites for hydroxylation is 1. The monoisotopic (exact) mass is 335 g/mol. The standard InChI is InChI=1S/C15H17N3O4S/c1-17-8-15(16-9-17)23(19,20)18-5-4-12(7-18)11-2-3-13-14(6-11)22-10-21-13/h2-3,6,8-9,12H,4-5,7,10H2,1H3/t12-/m0/s1. The maximum atomic E-state index is 12.6. The summed E-state index contributed by atoms with van der Waals surface area (Å²) in [7, 11) is -1.77. The Hall–Kier alpha value is -2.06. The molecule has 1 aromatic heterocycles. The number of benzene rings is 1. The van der Waals surface area contributed by atoms with Crippen LogP contribution in [0.1, 0.15) is 17.9 Å². The van der Waals surface area contributed by atoms with E-state index in [-0.39, 0.29) is 17.7 Å². The molecule has 7 nitrogen and oxygen atoms in total. The number of nitrogens with zero attached hydrogens (tertiary/aromatic N) is 3. The van der Waals surface area contributed by atoms with Crippen LogP contribution in [0.2, 0.25) is 0 Å². The van der Waals surface area contributed by atoms with E-state index >= 15 is 0 Å². The van der Waals surface area contributed by atoms with Crippen LogP contribution in [0.25, 0.3) is 0 Å². The summed E-state index contributed by atoms with van der Waals surface area (Å²) in [6, 6.07) is 5.81. The van der Waals surface area contributed by atoms with Crippen molar-refractivity contribution in [1.82, 2.24) is 13.9 Å². The summed E-state index contributed by atoms with van der Waals surface area (Å²) >= 11 is 0. The molecule has 0 amide bonds. The Morgan fingerprint density at radius 3 is 2.87 bits per heavy atom. The van der Waals surface area contributed by atoms with Crippen molar-refractivity contribution >= 4 is 10.0 Å². The van der Waals surface area contributed by atoms with Gasteiger partial charge in [-0.05, 0) is 30.0 Å². The van der Waals surface area contributed by atoms with Gasteiger partial charge in [0.25, 0.3) is 10.0 Å². The average Bonchev–Trinajstić information content (AvgIpc) is 3.26. The van der Waals surface area contributed by atoms with Crippen molar-refractivity contribution in [2.24, 2.45) is 7.05 Å². The molecule has 8 heteroatoms. The molecule has 23 heavy (non-hydrogen) atoms. The van der Waals surface area contributed by atoms with Gasteiger partial charge in [-0.2, -0.15) is 4.31 Å². The lowest BCUT2D eigenvalue weighted by Crippen LogP contribution is -2.29. The van der Waals surface area contributed by atoms with E-state index in [1.807, 2.05) is 18.2 Å². The molecule has 4 rings (SSSR count). The molecule has 1 atom stereocenters. The van der Waals surface area contributed by atoms with Crippen LogP contribution in [-0.4, -0.2) is 42.2 Å². The molecule has 0 bridgehead atoms. The summed E-state index contributed by atoms with van der Waals surface area (Å²) in [6.07, 6.45) is 3.81. The summed E-state index contributed by atoms with van der Waals surface area (Å²) in [6.45, 7) is 1.19. The van der Waals surface area contributed by atoms with Crippen molar-refractivity contribution in [3.05, 3.63) is 36.3 Å². The molecule has 0 saturated carbocycles. The highest BCUT2D eigenvalue weighted by Crippen LogP contribution is 2.37. The number of hydrogen-bond donors (Lipinski definition) is 0. The number of fused-ring (bicyclic) bond motifs is 1. The van der Waals surface area contributed by atoms with Crippen molar-refractivity contribution < 1.29 is 17.9 Å². The Labute approximate surface area is 134 Å². The lowest BCUT2D eigenvalue weighted by molar-refractivity contribution is 0.174. The van der Waals surface area contributed by atoms with Crippen LogP contribution in [-0.2, 0) is 17.1 Å². The highest BCUT2D eigenvalue weighted by molar-refractivity contribution is 7.89. The predicted molar refractivity (Wildman–Crippen MR) is 81.9 cm³/mol. The Morgan fingerprint density at radius 1 is 1.26 bits per heavy atom. The molecule has 2 aromatic rings. The van der Waals surface area contributed by atoms with Crippen molar-refractivity contribution in [1.29, 1.82) is 0 Å². The van der Waals surface area contributed by atoms with Gasteiger partial charge < -0.3 is 14.0 Å². The molecule has 0 unspecified atom stereocenters. The predicted octanol–water partition coefficient (Wildman–Crippen LogP) is 1.33. The number of rotatable bonds is 3. The van der Waals surface area contributed by atoms with E-state index in [9.17, 15) is 8.42 Å². The van der Waals surface area contributed by atoms with Gasteiger partial charge in [0.2, 0.25) is 6.79 Å². The second-order valence-corrected chi connectivity index (χ2v) is 7.72. The summed E-state index contributed by atoms with van der Waals surface area (Å²) in [5.74, 6) is 1.63. The zero-order chi connectivity index (χ0) is 16.0. The van der Waals surface area contributed by atoms with Crippen LogP contribution >= 0.6 is 0 Å². The maximum absolute atomic E-state index is 12.6. The summed E-state index contributed by atoms with van der Waals surface area (Å²) < 4.78 is 39.1. The van der Waals surface area contributed by atoms with Gasteiger partial charge in [-0.1, -0.05) is 6.07 Å². The highest BCUT2D eigenvalue weighted by Gasteiger charge is 2.34. The molecule has 2 aliphatic rings. The van der Waals surface area contributed by atoms with Crippen molar-refractivity contribution in [2.75, 3.05) is 19.9 Å². The lowest BCUT2D eigenvalue weighted by Gasteiger charge is -2.15. The zero-order valence-electron chi connectivity index (χ0n) is 12.7. The largest absolute Gasteiger partial charge is 0.454 e. The van der Waals surface area contributed by atoms with Gasteiger partial charge in [0.15, 0.2) is 16.5 Å². The number of aromatic nitrogens is 2. The Kier molecular flexibility index (Phi) is 3.31. The van der Waals surface area contributed by atoms with Gasteiger partial charge in [0, 0.05) is 26.3 Å². The topological polar surface area (TPSA) is 73.7 Å². The van der Waals surface area contributed by atoms with Gasteiger partial charge in [0.1, 0.15) is 0 Å². The maximum Gasteiger partial charge on any atom is 0.262 e. The van der Waals surface area contributed by atoms with E-state index in [1.165, 1.54) is 16.8 Å². The molecular weight excluding hydrogens is 318 g/mol. The fourth-order valence-corrected chi connectivity index (χ4v) is 4.51. The van der Waals surface area contributed by atoms with Gasteiger partial charge in [0.05, 0.1) is 6.33 Å². The molecule has 3 heterocycles. The van der Waals surface area contributed by atoms with E-state index in [0.29, 0.717) is 13.1 Å². The molecule has 0 aliphatic carbocycles. The van der Waals surface area contributed by atoms with Crippen LogP contribution in [0.3, 0.4) is 0 Å². The molecule has 0 N–H and O–H groups in total. The van der Waals surface area contributed by atoms with Crippen molar-refractivity contribution in [2.45, 2.75) is 17.4 Å². The van der Waals surface area contributed by atoms with Crippen LogP contribution in [0.5, 0.6) is 11.5 Å². The number of ether oxygens (including phenoxy) is 2. The molecule has 1 saturated heterocycles. The van der Waals surface area contributed by atoms with Crippen molar-refractivity contribution in [3.63, 3.8) is 0 Å². The van der Waals surface area contributed by atoms with Crippen LogP contribution < -0.4 is 9.47 Å². The first-order valence-corrected chi connectivity index (χ1v) is 8.86. The highest BCUT2D eigenvalue weighted by atomic mass is 32.2. The first-order valence-electron chi connectivity index (χ1n) is 7.42. The number of hydrogen-bond acceptors (Lipinski definition) is 5. The van der Waals surface area contributed by atoms with Gasteiger partial charge >= 0.3 is 0 Å². The third-order valence-corrected chi connectivity index (χ3v) is 6.06. The van der Waals surface area contributed by atoms with Crippen LogP contribution in [0.4, 0.5) is 0 Å². The van der Waals surface area contributed by atoms with E-state index in [4.69, 9.17) is 9.47 Å². The molecule has 0 spiro atoms. The van der Waals surface area contributed by atoms with Crippen LogP contribution in [0.15, 0.2) is 35.7 Å². The molecule has 122 valence electrons. The summed E-state index contributed by atoms with van der Waals surface area (Å²) in [5.41, 5.74) is 1.08. The van der Waals surface area contributed by atoms with Crippen LogP contribution in [0, 0.1) is 0 Å². The first kappa shape index (κ1) is 14.5. The molecule has 2 aliphatic heterocycles. The summed E-state index contributed by atoms with van der Waals surface area (Å²) in [5, 5.41) is 0.103. The average molecular weight is 335 g/mol. The third-order valence-electron chi connectivity index (χ3n) is 4.30. The fraction of sp³-hybridized carbons (Fsp3) is 0.400. The first-order chi connectivity index (χ1) is 11.0. The number of imidazole rings is 1. The van der Waals surface area contributed by atoms with Gasteiger partial charge in [-0.15, -0.1) is 0 Å². The minimum Gasteiger partial charge on any atom is -0.454 e.